The van der Waals surface area contributed by atoms with Gasteiger partial charge in [0.05, 0.1) is 0 Å². The lowest BCUT2D eigenvalue weighted by Gasteiger charge is -2.04. The van der Waals surface area contributed by atoms with Crippen molar-refractivity contribution in [1.29, 1.82) is 0 Å². The van der Waals surface area contributed by atoms with Gasteiger partial charge in [0.2, 0.25) is 0 Å². The minimum Gasteiger partial charge on any atom is -0.482 e. The van der Waals surface area contributed by atoms with Crippen LogP contribution in [-0.2, 0) is 4.79 Å². The van der Waals surface area contributed by atoms with Crippen LogP contribution in [0.2, 0.25) is 0 Å². The molecule has 0 saturated heterocycles. The second-order valence-corrected chi connectivity index (χ2v) is 4.09. The van der Waals surface area contributed by atoms with E-state index < -0.39 is 5.97 Å². The van der Waals surface area contributed by atoms with Crippen LogP contribution in [0.5, 0.6) is 5.75 Å². The monoisotopic (exact) mass is 250 g/mol. The Balaban J connectivity index is 2.48. The van der Waals surface area contributed by atoms with Gasteiger partial charge in [-0.1, -0.05) is 19.8 Å². The van der Waals surface area contributed by atoms with E-state index in [2.05, 4.69) is 6.92 Å². The van der Waals surface area contributed by atoms with Crippen LogP contribution in [0, 0.1) is 0 Å². The molecule has 1 aromatic carbocycles. The first-order valence-electron chi connectivity index (χ1n) is 6.11. The maximum atomic E-state index is 11.8. The van der Waals surface area contributed by atoms with E-state index in [4.69, 9.17) is 9.84 Å². The summed E-state index contributed by atoms with van der Waals surface area (Å²) in [6.45, 7) is 1.73. The number of ether oxygens (including phenoxy) is 1. The Bertz CT molecular complexity index is 395. The summed E-state index contributed by atoms with van der Waals surface area (Å²) < 4.78 is 4.99. The third-order valence-electron chi connectivity index (χ3n) is 2.55. The van der Waals surface area contributed by atoms with E-state index in [0.29, 0.717) is 17.7 Å². The van der Waals surface area contributed by atoms with Gasteiger partial charge < -0.3 is 9.84 Å². The predicted molar refractivity (Wildman–Crippen MR) is 68.0 cm³/mol. The van der Waals surface area contributed by atoms with E-state index in [1.807, 2.05) is 0 Å². The van der Waals surface area contributed by atoms with Gasteiger partial charge in [0, 0.05) is 12.0 Å². The molecule has 0 aromatic heterocycles. The number of ketones is 1. The Morgan fingerprint density at radius 2 is 1.83 bits per heavy atom. The molecule has 0 atom stereocenters. The molecule has 1 aromatic rings. The van der Waals surface area contributed by atoms with Crippen molar-refractivity contribution in [1.82, 2.24) is 0 Å². The van der Waals surface area contributed by atoms with Crippen LogP contribution in [0.4, 0.5) is 0 Å². The Hall–Kier alpha value is -1.84. The van der Waals surface area contributed by atoms with E-state index >= 15 is 0 Å². The summed E-state index contributed by atoms with van der Waals surface area (Å²) in [5, 5.41) is 8.46. The molecule has 0 heterocycles. The van der Waals surface area contributed by atoms with Crippen LogP contribution in [-0.4, -0.2) is 23.5 Å². The van der Waals surface area contributed by atoms with E-state index in [-0.39, 0.29) is 12.4 Å². The lowest BCUT2D eigenvalue weighted by molar-refractivity contribution is -0.139. The van der Waals surface area contributed by atoms with E-state index in [1.165, 1.54) is 0 Å². The zero-order valence-corrected chi connectivity index (χ0v) is 10.5. The van der Waals surface area contributed by atoms with E-state index in [0.717, 1.165) is 19.3 Å². The number of benzene rings is 1. The topological polar surface area (TPSA) is 63.6 Å². The minimum absolute atomic E-state index is 0.119. The first kappa shape index (κ1) is 14.2. The molecule has 0 radical (unpaired) electrons. The molecular formula is C14H18O4. The van der Waals surface area contributed by atoms with E-state index in [1.54, 1.807) is 24.3 Å². The Morgan fingerprint density at radius 3 is 2.39 bits per heavy atom. The number of Topliss-reactive ketones (excluding diaryl/α,β-unsaturated/α-hetero) is 1. The first-order chi connectivity index (χ1) is 8.63. The molecule has 18 heavy (non-hydrogen) atoms. The average molecular weight is 250 g/mol. The standard InChI is InChI=1S/C14H18O4/c1-2-3-4-5-13(15)11-6-8-12(9-7-11)18-10-14(16)17/h6-9H,2-5,10H2,1H3,(H,16,17). The highest BCUT2D eigenvalue weighted by atomic mass is 16.5. The number of carbonyl (C=O) groups excluding carboxylic acids is 1. The van der Waals surface area contributed by atoms with Gasteiger partial charge >= 0.3 is 5.97 Å². The summed E-state index contributed by atoms with van der Waals surface area (Å²) in [4.78, 5) is 22.1. The van der Waals surface area contributed by atoms with Crippen LogP contribution in [0.15, 0.2) is 24.3 Å². The number of rotatable bonds is 8. The first-order valence-corrected chi connectivity index (χ1v) is 6.11. The van der Waals surface area contributed by atoms with Crippen molar-refractivity contribution < 1.29 is 19.4 Å². The Labute approximate surface area is 107 Å². The number of carbonyl (C=O) groups is 2. The molecule has 1 N–H and O–H groups in total. The quantitative estimate of drug-likeness (QED) is 0.569. The van der Waals surface area contributed by atoms with Gasteiger partial charge in [-0.15, -0.1) is 0 Å². The van der Waals surface area contributed by atoms with Crippen LogP contribution < -0.4 is 4.74 Å². The highest BCUT2D eigenvalue weighted by Gasteiger charge is 2.06. The van der Waals surface area contributed by atoms with Gasteiger partial charge in [-0.2, -0.15) is 0 Å². The smallest absolute Gasteiger partial charge is 0.341 e. The van der Waals surface area contributed by atoms with Gasteiger partial charge in [-0.3, -0.25) is 4.79 Å². The predicted octanol–water partition coefficient (Wildman–Crippen LogP) is 2.91. The van der Waals surface area contributed by atoms with Crippen LogP contribution in [0.25, 0.3) is 0 Å². The summed E-state index contributed by atoms with van der Waals surface area (Å²) in [6, 6.07) is 6.59. The van der Waals surface area contributed by atoms with Crippen LogP contribution >= 0.6 is 0 Å². The van der Waals surface area contributed by atoms with Crippen LogP contribution in [0.1, 0.15) is 43.0 Å². The number of carboxylic acids is 1. The van der Waals surface area contributed by atoms with Crippen molar-refractivity contribution in [3.63, 3.8) is 0 Å². The van der Waals surface area contributed by atoms with Crippen molar-refractivity contribution in [3.05, 3.63) is 29.8 Å². The number of aliphatic carboxylic acids is 1. The molecule has 0 spiro atoms. The maximum Gasteiger partial charge on any atom is 0.341 e. The molecule has 0 fully saturated rings. The zero-order valence-electron chi connectivity index (χ0n) is 10.5. The number of unbranched alkanes of at least 4 members (excludes halogenated alkanes) is 2. The molecule has 0 aliphatic carbocycles. The molecule has 0 aliphatic rings. The van der Waals surface area contributed by atoms with Crippen molar-refractivity contribution in [3.8, 4) is 5.75 Å². The van der Waals surface area contributed by atoms with Crippen LogP contribution in [0.3, 0.4) is 0 Å². The fraction of sp³-hybridized carbons (Fsp3) is 0.429. The highest BCUT2D eigenvalue weighted by molar-refractivity contribution is 5.96. The normalized spacial score (nSPS) is 10.1. The van der Waals surface area contributed by atoms with Crippen molar-refractivity contribution >= 4 is 11.8 Å². The third kappa shape index (κ3) is 4.99. The number of hydrogen-bond donors (Lipinski definition) is 1. The molecule has 4 nitrogen and oxygen atoms in total. The van der Waals surface area contributed by atoms with Gasteiger partial charge in [-0.05, 0) is 30.7 Å². The average Bonchev–Trinajstić information content (AvgIpc) is 2.37. The molecular weight excluding hydrogens is 232 g/mol. The van der Waals surface area contributed by atoms with E-state index in [9.17, 15) is 9.59 Å². The summed E-state index contributed by atoms with van der Waals surface area (Å²) in [6.07, 6.45) is 3.62. The molecule has 0 saturated carbocycles. The lowest BCUT2D eigenvalue weighted by Crippen LogP contribution is -2.09. The second-order valence-electron chi connectivity index (χ2n) is 4.09. The highest BCUT2D eigenvalue weighted by Crippen LogP contribution is 2.14. The SMILES string of the molecule is CCCCCC(=O)c1ccc(OCC(=O)O)cc1. The summed E-state index contributed by atoms with van der Waals surface area (Å²) >= 11 is 0. The Morgan fingerprint density at radius 1 is 1.17 bits per heavy atom. The van der Waals surface area contributed by atoms with Crippen molar-refractivity contribution in [2.24, 2.45) is 0 Å². The summed E-state index contributed by atoms with van der Waals surface area (Å²) in [5.41, 5.74) is 0.647. The largest absolute Gasteiger partial charge is 0.482 e. The van der Waals surface area contributed by atoms with Crippen molar-refractivity contribution in [2.75, 3.05) is 6.61 Å². The third-order valence-corrected chi connectivity index (χ3v) is 2.55. The number of carboxylic acid groups (broad SMARTS) is 1. The summed E-state index contributed by atoms with van der Waals surface area (Å²) in [7, 11) is 0. The zero-order chi connectivity index (χ0) is 13.4. The molecule has 0 aliphatic heterocycles. The molecule has 1 rings (SSSR count). The van der Waals surface area contributed by atoms with Gasteiger partial charge in [0.1, 0.15) is 5.75 Å². The Kier molecular flexibility index (Phi) is 5.91. The maximum absolute atomic E-state index is 11.8. The molecule has 0 unspecified atom stereocenters. The molecule has 0 bridgehead atoms. The van der Waals surface area contributed by atoms with Gasteiger partial charge in [0.25, 0.3) is 0 Å². The summed E-state index contributed by atoms with van der Waals surface area (Å²) in [5.74, 6) is -0.439. The molecule has 98 valence electrons. The number of hydrogen-bond acceptors (Lipinski definition) is 3. The molecule has 0 amide bonds. The van der Waals surface area contributed by atoms with Gasteiger partial charge in [-0.25, -0.2) is 4.79 Å². The minimum atomic E-state index is -1.02. The van der Waals surface area contributed by atoms with Gasteiger partial charge in [0.15, 0.2) is 12.4 Å². The fourth-order valence-corrected chi connectivity index (χ4v) is 1.56. The lowest BCUT2D eigenvalue weighted by atomic mass is 10.0. The fourth-order valence-electron chi connectivity index (χ4n) is 1.56. The second kappa shape index (κ2) is 7.48. The molecule has 4 heteroatoms. The van der Waals surface area contributed by atoms with Crippen molar-refractivity contribution in [2.45, 2.75) is 32.6 Å².